The van der Waals surface area contributed by atoms with Crippen molar-refractivity contribution in [3.8, 4) is 0 Å². The third-order valence-corrected chi connectivity index (χ3v) is 1.20. The molecule has 2 N–H and O–H groups in total. The molecular weight excluding hydrogens is 112 g/mol. The van der Waals surface area contributed by atoms with E-state index in [1.807, 2.05) is 0 Å². The first-order chi connectivity index (χ1) is 3.43. The summed E-state index contributed by atoms with van der Waals surface area (Å²) in [6, 6.07) is 0. The van der Waals surface area contributed by atoms with Gasteiger partial charge in [0.25, 0.3) is 5.84 Å². The lowest BCUT2D eigenvalue weighted by Gasteiger charge is -1.81. The van der Waals surface area contributed by atoms with E-state index in [0.717, 1.165) is 18.9 Å². The van der Waals surface area contributed by atoms with Gasteiger partial charge in [-0.2, -0.15) is 0 Å². The molecule has 7 heavy (non-hydrogen) atoms. The van der Waals surface area contributed by atoms with Crippen molar-refractivity contribution >= 4 is 17.4 Å². The molecule has 0 atom stereocenters. The van der Waals surface area contributed by atoms with E-state index in [4.69, 9.17) is 11.6 Å². The van der Waals surface area contributed by atoms with Crippen LogP contribution in [0.15, 0.2) is 0 Å². The largest absolute Gasteiger partial charge is 0.273 e. The van der Waals surface area contributed by atoms with Crippen LogP contribution in [0.25, 0.3) is 0 Å². The fourth-order valence-electron chi connectivity index (χ4n) is 0.584. The third kappa shape index (κ3) is 1.06. The van der Waals surface area contributed by atoms with Crippen molar-refractivity contribution in [1.82, 2.24) is 5.32 Å². The molecule has 1 rings (SSSR count). The predicted molar refractivity (Wildman–Crippen MR) is 29.6 cm³/mol. The summed E-state index contributed by atoms with van der Waals surface area (Å²) in [7, 11) is 0. The zero-order valence-electron chi connectivity index (χ0n) is 4.00. The molecule has 2 nitrogen and oxygen atoms in total. The number of hydrogen-bond acceptors (Lipinski definition) is 1. The first kappa shape index (κ1) is 4.91. The quantitative estimate of drug-likeness (QED) is 0.396. The number of halogens is 1. The van der Waals surface area contributed by atoms with Gasteiger partial charge in [-0.15, -0.1) is 11.6 Å². The maximum Gasteiger partial charge on any atom is 0.257 e. The fraction of sp³-hybridized carbons (Fsp3) is 0.750. The van der Waals surface area contributed by atoms with E-state index in [1.54, 1.807) is 0 Å². The summed E-state index contributed by atoms with van der Waals surface area (Å²) in [4.78, 5) is 3.08. The summed E-state index contributed by atoms with van der Waals surface area (Å²) < 4.78 is 0. The molecule has 1 aliphatic rings. The molecule has 0 aromatic heterocycles. The smallest absolute Gasteiger partial charge is 0.257 e. The average Bonchev–Trinajstić information content (AvgIpc) is 2.14. The third-order valence-electron chi connectivity index (χ3n) is 0.935. The lowest BCUT2D eigenvalue weighted by molar-refractivity contribution is -0.444. The Bertz CT molecular complexity index is 89.7. The molecule has 0 aliphatic carbocycles. The second kappa shape index (κ2) is 2.17. The highest BCUT2D eigenvalue weighted by molar-refractivity contribution is 6.27. The Kier molecular flexibility index (Phi) is 1.52. The number of amidine groups is 1. The lowest BCUT2D eigenvalue weighted by Crippen LogP contribution is -2.71. The standard InChI is InChI=1S/C4H7ClN2/c5-3-4-6-1-2-7-4/h1-3H2,(H,6,7)/p+1. The summed E-state index contributed by atoms with van der Waals surface area (Å²) in [6.07, 6.45) is 0. The van der Waals surface area contributed by atoms with Crippen LogP contribution >= 0.6 is 11.6 Å². The molecule has 0 amide bonds. The molecule has 40 valence electrons. The second-order valence-corrected chi connectivity index (χ2v) is 1.73. The highest BCUT2D eigenvalue weighted by atomic mass is 35.5. The minimum absolute atomic E-state index is 0.583. The molecule has 3 heteroatoms. The molecule has 0 spiro atoms. The van der Waals surface area contributed by atoms with Gasteiger partial charge in [-0.05, 0) is 0 Å². The van der Waals surface area contributed by atoms with Gasteiger partial charge in [0.15, 0.2) is 0 Å². The van der Waals surface area contributed by atoms with Crippen molar-refractivity contribution in [3.63, 3.8) is 0 Å². The Morgan fingerprint density at radius 2 is 2.71 bits per heavy atom. The zero-order chi connectivity index (χ0) is 5.11. The van der Waals surface area contributed by atoms with Crippen molar-refractivity contribution in [1.29, 1.82) is 0 Å². The number of rotatable bonds is 1. The van der Waals surface area contributed by atoms with Gasteiger partial charge < -0.3 is 0 Å². The summed E-state index contributed by atoms with van der Waals surface area (Å²) in [6.45, 7) is 2.03. The van der Waals surface area contributed by atoms with Crippen molar-refractivity contribution in [2.45, 2.75) is 0 Å². The Hall–Kier alpha value is -0.240. The molecule has 0 bridgehead atoms. The van der Waals surface area contributed by atoms with Crippen LogP contribution in [-0.4, -0.2) is 24.8 Å². The van der Waals surface area contributed by atoms with E-state index < -0.39 is 0 Å². The number of alkyl halides is 1. The van der Waals surface area contributed by atoms with E-state index in [1.165, 1.54) is 0 Å². The van der Waals surface area contributed by atoms with E-state index >= 15 is 0 Å². The van der Waals surface area contributed by atoms with Gasteiger partial charge in [0.2, 0.25) is 0 Å². The molecular formula is C4H8ClN2+. The van der Waals surface area contributed by atoms with Crippen LogP contribution in [0.1, 0.15) is 0 Å². The van der Waals surface area contributed by atoms with Crippen molar-refractivity contribution in [3.05, 3.63) is 0 Å². The maximum absolute atomic E-state index is 5.45. The highest BCUT2D eigenvalue weighted by Crippen LogP contribution is 1.71. The van der Waals surface area contributed by atoms with Crippen LogP contribution in [0.4, 0.5) is 0 Å². The normalized spacial score (nSPS) is 18.7. The second-order valence-electron chi connectivity index (χ2n) is 1.47. The summed E-state index contributed by atoms with van der Waals surface area (Å²) in [5.41, 5.74) is 0. The minimum atomic E-state index is 0.583. The molecule has 1 aliphatic heterocycles. The highest BCUT2D eigenvalue weighted by Gasteiger charge is 2.08. The molecule has 0 aromatic carbocycles. The lowest BCUT2D eigenvalue weighted by atomic mass is 10.7. The molecule has 0 aromatic rings. The Morgan fingerprint density at radius 3 is 3.00 bits per heavy atom. The zero-order valence-corrected chi connectivity index (χ0v) is 4.76. The topological polar surface area (TPSA) is 26.0 Å². The van der Waals surface area contributed by atoms with Gasteiger partial charge in [0.1, 0.15) is 19.0 Å². The first-order valence-corrected chi connectivity index (χ1v) is 2.86. The Balaban J connectivity index is 2.36. The van der Waals surface area contributed by atoms with Gasteiger partial charge in [-0.25, -0.2) is 0 Å². The van der Waals surface area contributed by atoms with Gasteiger partial charge >= 0.3 is 0 Å². The van der Waals surface area contributed by atoms with Gasteiger partial charge in [0, 0.05) is 0 Å². The van der Waals surface area contributed by atoms with E-state index in [9.17, 15) is 0 Å². The van der Waals surface area contributed by atoms with Gasteiger partial charge in [-0.3, -0.25) is 10.3 Å². The van der Waals surface area contributed by atoms with E-state index in [2.05, 4.69) is 10.3 Å². The molecule has 0 radical (unpaired) electrons. The Morgan fingerprint density at radius 1 is 1.86 bits per heavy atom. The Labute approximate surface area is 47.6 Å². The van der Waals surface area contributed by atoms with Crippen LogP contribution in [0.3, 0.4) is 0 Å². The molecule has 0 saturated heterocycles. The van der Waals surface area contributed by atoms with Crippen molar-refractivity contribution in [2.24, 2.45) is 0 Å². The molecule has 0 saturated carbocycles. The molecule has 0 unspecified atom stereocenters. The molecule has 1 heterocycles. The maximum atomic E-state index is 5.45. The fourth-order valence-corrected chi connectivity index (χ4v) is 0.773. The monoisotopic (exact) mass is 119 g/mol. The van der Waals surface area contributed by atoms with Crippen LogP contribution in [0.2, 0.25) is 0 Å². The summed E-state index contributed by atoms with van der Waals surface area (Å²) in [5.74, 6) is 1.64. The minimum Gasteiger partial charge on any atom is -0.273 e. The van der Waals surface area contributed by atoms with Crippen LogP contribution in [-0.2, 0) is 0 Å². The predicted octanol–water partition coefficient (Wildman–Crippen LogP) is -1.69. The number of nitrogens with one attached hydrogen (secondary N) is 2. The summed E-state index contributed by atoms with van der Waals surface area (Å²) >= 11 is 5.45. The van der Waals surface area contributed by atoms with Crippen molar-refractivity contribution < 1.29 is 4.99 Å². The first-order valence-electron chi connectivity index (χ1n) is 2.33. The van der Waals surface area contributed by atoms with Gasteiger partial charge in [0.05, 0.1) is 0 Å². The van der Waals surface area contributed by atoms with Crippen molar-refractivity contribution in [2.75, 3.05) is 19.0 Å². The van der Waals surface area contributed by atoms with Gasteiger partial charge in [-0.1, -0.05) is 0 Å². The van der Waals surface area contributed by atoms with Crippen LogP contribution in [0, 0.1) is 0 Å². The van der Waals surface area contributed by atoms with E-state index in [0.29, 0.717) is 5.88 Å². The van der Waals surface area contributed by atoms with Crippen LogP contribution < -0.4 is 10.3 Å². The SMILES string of the molecule is ClCC1=[NH+]CCN1. The van der Waals surface area contributed by atoms with Crippen LogP contribution in [0.5, 0.6) is 0 Å². The average molecular weight is 120 g/mol. The van der Waals surface area contributed by atoms with E-state index in [-0.39, 0.29) is 0 Å². The number of hydrogen-bond donors (Lipinski definition) is 2. The summed E-state index contributed by atoms with van der Waals surface area (Å²) in [5, 5.41) is 3.08. The molecule has 0 fully saturated rings.